The van der Waals surface area contributed by atoms with E-state index in [9.17, 15) is 13.5 Å². The molecule has 1 atom stereocenters. The molecule has 0 fully saturated rings. The normalized spacial score (nSPS) is 14.2. The summed E-state index contributed by atoms with van der Waals surface area (Å²) >= 11 is 0. The Morgan fingerprint density at radius 2 is 2.00 bits per heavy atom. The molecule has 0 amide bonds. The Kier molecular flexibility index (Phi) is 7.08. The fraction of sp³-hybridized carbons (Fsp3) is 1.00. The first-order chi connectivity index (χ1) is 6.45. The summed E-state index contributed by atoms with van der Waals surface area (Å²) in [5, 5.41) is 9.20. The van der Waals surface area contributed by atoms with Crippen molar-refractivity contribution >= 4 is 10.1 Å². The Morgan fingerprint density at radius 3 is 2.50 bits per heavy atom. The molecule has 0 heterocycles. The second kappa shape index (κ2) is 7.17. The maximum Gasteiger partial charge on any atom is 0.264 e. The minimum Gasteiger partial charge on any atom is -0.388 e. The van der Waals surface area contributed by atoms with Crippen molar-refractivity contribution < 1.29 is 22.4 Å². The maximum atomic E-state index is 10.5. The minimum absolute atomic E-state index is 0.107. The van der Waals surface area contributed by atoms with Crippen LogP contribution in [0.3, 0.4) is 0 Å². The molecule has 0 aromatic rings. The number of hydrogen-bond acceptors (Lipinski definition) is 5. The number of hydrogen-bond donors (Lipinski definition) is 1. The van der Waals surface area contributed by atoms with E-state index in [0.717, 1.165) is 19.1 Å². The molecular formula is C8H18O5S. The van der Waals surface area contributed by atoms with Gasteiger partial charge in [0.1, 0.15) is 6.10 Å². The summed E-state index contributed by atoms with van der Waals surface area (Å²) in [6.45, 7) is 2.47. The number of rotatable bonds is 8. The molecule has 0 aliphatic heterocycles. The minimum atomic E-state index is -3.47. The van der Waals surface area contributed by atoms with E-state index in [0.29, 0.717) is 6.61 Å². The van der Waals surface area contributed by atoms with Gasteiger partial charge < -0.3 is 9.84 Å². The van der Waals surface area contributed by atoms with Gasteiger partial charge in [-0.05, 0) is 6.42 Å². The van der Waals surface area contributed by atoms with Crippen LogP contribution in [0.25, 0.3) is 0 Å². The maximum absolute atomic E-state index is 10.5. The Bertz CT molecular complexity index is 224. The second-order valence-corrected chi connectivity index (χ2v) is 4.71. The predicted octanol–water partition coefficient (Wildman–Crippen LogP) is 0.140. The number of aliphatic hydroxyl groups excluding tert-OH is 1. The Morgan fingerprint density at radius 1 is 1.36 bits per heavy atom. The van der Waals surface area contributed by atoms with Crippen LogP contribution in [0, 0.1) is 0 Å². The average molecular weight is 226 g/mol. The molecule has 1 unspecified atom stereocenters. The first kappa shape index (κ1) is 13.8. The van der Waals surface area contributed by atoms with Crippen molar-refractivity contribution in [2.24, 2.45) is 0 Å². The van der Waals surface area contributed by atoms with E-state index in [-0.39, 0.29) is 13.2 Å². The lowest BCUT2D eigenvalue weighted by atomic mass is 10.3. The van der Waals surface area contributed by atoms with E-state index < -0.39 is 16.2 Å². The van der Waals surface area contributed by atoms with Gasteiger partial charge >= 0.3 is 0 Å². The zero-order valence-corrected chi connectivity index (χ0v) is 9.42. The smallest absolute Gasteiger partial charge is 0.264 e. The van der Waals surface area contributed by atoms with Gasteiger partial charge in [0.25, 0.3) is 10.1 Å². The molecule has 0 radical (unpaired) electrons. The summed E-state index contributed by atoms with van der Waals surface area (Å²) in [5.41, 5.74) is 0. The first-order valence-corrected chi connectivity index (χ1v) is 6.37. The van der Waals surface area contributed by atoms with Crippen molar-refractivity contribution in [3.05, 3.63) is 0 Å². The molecule has 6 heteroatoms. The molecule has 0 aromatic carbocycles. The van der Waals surface area contributed by atoms with Crippen LogP contribution in [0.1, 0.15) is 19.8 Å². The average Bonchev–Trinajstić information content (AvgIpc) is 2.08. The second-order valence-electron chi connectivity index (χ2n) is 3.07. The zero-order chi connectivity index (χ0) is 11.0. The largest absolute Gasteiger partial charge is 0.388 e. The topological polar surface area (TPSA) is 72.8 Å². The van der Waals surface area contributed by atoms with E-state index in [2.05, 4.69) is 4.18 Å². The lowest BCUT2D eigenvalue weighted by molar-refractivity contribution is 0.0128. The van der Waals surface area contributed by atoms with Gasteiger partial charge in [0, 0.05) is 6.61 Å². The molecule has 0 bridgehead atoms. The summed E-state index contributed by atoms with van der Waals surface area (Å²) in [7, 11) is -3.47. The van der Waals surface area contributed by atoms with Crippen molar-refractivity contribution in [1.82, 2.24) is 0 Å². The lowest BCUT2D eigenvalue weighted by Gasteiger charge is -2.10. The van der Waals surface area contributed by atoms with Crippen molar-refractivity contribution in [3.63, 3.8) is 0 Å². The van der Waals surface area contributed by atoms with Crippen LogP contribution in [0.2, 0.25) is 0 Å². The highest BCUT2D eigenvalue weighted by Crippen LogP contribution is 1.94. The van der Waals surface area contributed by atoms with Gasteiger partial charge in [-0.3, -0.25) is 4.18 Å². The van der Waals surface area contributed by atoms with E-state index in [1.807, 2.05) is 6.92 Å². The Labute approximate surface area is 85.1 Å². The van der Waals surface area contributed by atoms with E-state index >= 15 is 0 Å². The van der Waals surface area contributed by atoms with Crippen LogP contribution in [-0.4, -0.2) is 45.7 Å². The van der Waals surface area contributed by atoms with Crippen molar-refractivity contribution in [2.45, 2.75) is 25.9 Å². The van der Waals surface area contributed by atoms with E-state index in [1.165, 1.54) is 0 Å². The van der Waals surface area contributed by atoms with Gasteiger partial charge in [-0.15, -0.1) is 0 Å². The fourth-order valence-electron chi connectivity index (χ4n) is 0.716. The zero-order valence-electron chi connectivity index (χ0n) is 8.60. The molecule has 86 valence electrons. The molecule has 0 saturated heterocycles. The van der Waals surface area contributed by atoms with Crippen molar-refractivity contribution in [3.8, 4) is 0 Å². The molecule has 14 heavy (non-hydrogen) atoms. The SMILES string of the molecule is CCCCOCC(O)COS(C)(=O)=O. The Balaban J connectivity index is 3.42. The van der Waals surface area contributed by atoms with Crippen LogP contribution in [-0.2, 0) is 19.0 Å². The molecule has 5 nitrogen and oxygen atoms in total. The van der Waals surface area contributed by atoms with Crippen LogP contribution in [0.15, 0.2) is 0 Å². The van der Waals surface area contributed by atoms with Gasteiger partial charge in [-0.1, -0.05) is 13.3 Å². The third kappa shape index (κ3) is 9.91. The van der Waals surface area contributed by atoms with Gasteiger partial charge in [-0.25, -0.2) is 0 Å². The van der Waals surface area contributed by atoms with Gasteiger partial charge in [0.05, 0.1) is 19.5 Å². The van der Waals surface area contributed by atoms with Gasteiger partial charge in [0.15, 0.2) is 0 Å². The quantitative estimate of drug-likeness (QED) is 0.471. The molecular weight excluding hydrogens is 208 g/mol. The molecule has 0 rings (SSSR count). The molecule has 0 aliphatic rings. The van der Waals surface area contributed by atoms with Crippen LogP contribution in [0.5, 0.6) is 0 Å². The van der Waals surface area contributed by atoms with Crippen LogP contribution < -0.4 is 0 Å². The van der Waals surface area contributed by atoms with Gasteiger partial charge in [0.2, 0.25) is 0 Å². The summed E-state index contributed by atoms with van der Waals surface area (Å²) in [5.74, 6) is 0. The third-order valence-electron chi connectivity index (χ3n) is 1.43. The molecule has 1 N–H and O–H groups in total. The van der Waals surface area contributed by atoms with E-state index in [4.69, 9.17) is 4.74 Å². The monoisotopic (exact) mass is 226 g/mol. The summed E-state index contributed by atoms with van der Waals surface area (Å²) in [6, 6.07) is 0. The Hall–Kier alpha value is -0.170. The first-order valence-electron chi connectivity index (χ1n) is 4.56. The standard InChI is InChI=1S/C8H18O5S/c1-3-4-5-12-6-8(9)7-13-14(2,10)11/h8-9H,3-7H2,1-2H3. The number of aliphatic hydroxyl groups is 1. The van der Waals surface area contributed by atoms with Crippen LogP contribution >= 0.6 is 0 Å². The van der Waals surface area contributed by atoms with Gasteiger partial charge in [-0.2, -0.15) is 8.42 Å². The highest BCUT2D eigenvalue weighted by molar-refractivity contribution is 7.85. The predicted molar refractivity (Wildman–Crippen MR) is 52.5 cm³/mol. The van der Waals surface area contributed by atoms with Crippen molar-refractivity contribution in [2.75, 3.05) is 26.1 Å². The third-order valence-corrected chi connectivity index (χ3v) is 1.99. The highest BCUT2D eigenvalue weighted by atomic mass is 32.2. The molecule has 0 spiro atoms. The molecule has 0 aliphatic carbocycles. The summed E-state index contributed by atoms with van der Waals surface area (Å²) in [4.78, 5) is 0. The molecule has 0 aromatic heterocycles. The molecule has 0 saturated carbocycles. The fourth-order valence-corrected chi connectivity index (χ4v) is 1.12. The number of ether oxygens (including phenoxy) is 1. The highest BCUT2D eigenvalue weighted by Gasteiger charge is 2.08. The van der Waals surface area contributed by atoms with E-state index in [1.54, 1.807) is 0 Å². The van der Waals surface area contributed by atoms with Crippen LogP contribution in [0.4, 0.5) is 0 Å². The summed E-state index contributed by atoms with van der Waals surface area (Å²) in [6.07, 6.45) is 2.01. The summed E-state index contributed by atoms with van der Waals surface area (Å²) < 4.78 is 30.5. The lowest BCUT2D eigenvalue weighted by Crippen LogP contribution is -2.23. The van der Waals surface area contributed by atoms with Crippen molar-refractivity contribution in [1.29, 1.82) is 0 Å². The number of unbranched alkanes of at least 4 members (excludes halogenated alkanes) is 1.